The minimum absolute atomic E-state index is 0.277. The summed E-state index contributed by atoms with van der Waals surface area (Å²) in [6.07, 6.45) is 0. The Bertz CT molecular complexity index is 786. The lowest BCUT2D eigenvalue weighted by Gasteiger charge is -2.25. The Morgan fingerprint density at radius 3 is 2.65 bits per heavy atom. The molecule has 0 unspecified atom stereocenters. The van der Waals surface area contributed by atoms with E-state index in [1.54, 1.807) is 23.6 Å². The molecule has 8 nitrogen and oxygen atoms in total. The highest BCUT2D eigenvalue weighted by Gasteiger charge is 2.18. The first-order valence-corrected chi connectivity index (χ1v) is 9.09. The summed E-state index contributed by atoms with van der Waals surface area (Å²) in [4.78, 5) is 32.8. The first kappa shape index (κ1) is 18.2. The average Bonchev–Trinajstić information content (AvgIpc) is 3.17. The van der Waals surface area contributed by atoms with Crippen LogP contribution in [0.2, 0.25) is 0 Å². The van der Waals surface area contributed by atoms with E-state index in [1.807, 2.05) is 25.1 Å². The molecule has 1 aliphatic rings. The number of benzene rings is 1. The third-order valence-corrected chi connectivity index (χ3v) is 4.82. The Labute approximate surface area is 155 Å². The Hall–Kier alpha value is -2.65. The molecule has 2 heterocycles. The molecule has 1 saturated heterocycles. The number of carbonyl (C=O) groups excluding carboxylic acids is 2. The SMILES string of the molecule is CN(C)c1cccc(C(=O)NNC(=O)c2csc(N3CCOCC3)n2)c1. The van der Waals surface area contributed by atoms with E-state index in [2.05, 4.69) is 20.7 Å². The molecule has 1 aromatic heterocycles. The van der Waals surface area contributed by atoms with Gasteiger partial charge in [0.15, 0.2) is 5.13 Å². The number of anilines is 2. The van der Waals surface area contributed by atoms with Gasteiger partial charge in [-0.2, -0.15) is 0 Å². The van der Waals surface area contributed by atoms with E-state index in [0.717, 1.165) is 23.9 Å². The predicted molar refractivity (Wildman–Crippen MR) is 101 cm³/mol. The zero-order valence-electron chi connectivity index (χ0n) is 14.7. The fraction of sp³-hybridized carbons (Fsp3) is 0.353. The molecular weight excluding hydrogens is 354 g/mol. The summed E-state index contributed by atoms with van der Waals surface area (Å²) >= 11 is 1.40. The Balaban J connectivity index is 1.57. The summed E-state index contributed by atoms with van der Waals surface area (Å²) in [6.45, 7) is 2.83. The molecule has 9 heteroatoms. The molecule has 138 valence electrons. The lowest BCUT2D eigenvalue weighted by Crippen LogP contribution is -2.42. The Morgan fingerprint density at radius 1 is 1.19 bits per heavy atom. The van der Waals surface area contributed by atoms with Crippen molar-refractivity contribution in [1.82, 2.24) is 15.8 Å². The van der Waals surface area contributed by atoms with E-state index in [1.165, 1.54) is 11.3 Å². The van der Waals surface area contributed by atoms with Crippen LogP contribution in [0.5, 0.6) is 0 Å². The van der Waals surface area contributed by atoms with Crippen LogP contribution in [0.3, 0.4) is 0 Å². The number of aromatic nitrogens is 1. The molecule has 0 aliphatic carbocycles. The van der Waals surface area contributed by atoms with Crippen LogP contribution in [-0.2, 0) is 4.74 Å². The third-order valence-electron chi connectivity index (χ3n) is 3.92. The number of morpholine rings is 1. The fourth-order valence-electron chi connectivity index (χ4n) is 2.44. The maximum absolute atomic E-state index is 12.2. The molecule has 26 heavy (non-hydrogen) atoms. The molecule has 2 aromatic rings. The van der Waals surface area contributed by atoms with Gasteiger partial charge in [0.05, 0.1) is 13.2 Å². The number of carbonyl (C=O) groups is 2. The van der Waals surface area contributed by atoms with Crippen molar-refractivity contribution in [3.05, 3.63) is 40.9 Å². The highest BCUT2D eigenvalue weighted by atomic mass is 32.1. The zero-order chi connectivity index (χ0) is 18.5. The van der Waals surface area contributed by atoms with Crippen molar-refractivity contribution < 1.29 is 14.3 Å². The van der Waals surface area contributed by atoms with Crippen molar-refractivity contribution in [2.24, 2.45) is 0 Å². The number of amides is 2. The van der Waals surface area contributed by atoms with Crippen LogP contribution >= 0.6 is 11.3 Å². The molecule has 0 atom stereocenters. The van der Waals surface area contributed by atoms with Gasteiger partial charge in [0, 0.05) is 43.8 Å². The van der Waals surface area contributed by atoms with Crippen molar-refractivity contribution in [2.75, 3.05) is 50.2 Å². The zero-order valence-corrected chi connectivity index (χ0v) is 15.5. The fourth-order valence-corrected chi connectivity index (χ4v) is 3.30. The smallest absolute Gasteiger partial charge is 0.289 e. The molecule has 3 rings (SSSR count). The summed E-state index contributed by atoms with van der Waals surface area (Å²) in [5.74, 6) is -0.830. The molecule has 0 radical (unpaired) electrons. The summed E-state index contributed by atoms with van der Waals surface area (Å²) in [5.41, 5.74) is 6.48. The van der Waals surface area contributed by atoms with Gasteiger partial charge in [-0.3, -0.25) is 20.4 Å². The maximum atomic E-state index is 12.2. The number of hydrazine groups is 1. The molecular formula is C17H21N5O3S. The van der Waals surface area contributed by atoms with E-state index in [0.29, 0.717) is 18.8 Å². The largest absolute Gasteiger partial charge is 0.378 e. The number of nitrogens with zero attached hydrogens (tertiary/aromatic N) is 3. The first-order chi connectivity index (χ1) is 12.5. The second kappa shape index (κ2) is 8.15. The minimum Gasteiger partial charge on any atom is -0.378 e. The second-order valence-corrected chi connectivity index (χ2v) is 6.80. The molecule has 1 aromatic carbocycles. The molecule has 1 aliphatic heterocycles. The van der Waals surface area contributed by atoms with Crippen LogP contribution in [0.15, 0.2) is 29.6 Å². The van der Waals surface area contributed by atoms with Gasteiger partial charge in [-0.15, -0.1) is 11.3 Å². The number of ether oxygens (including phenoxy) is 1. The maximum Gasteiger partial charge on any atom is 0.289 e. The Kier molecular flexibility index (Phi) is 5.69. The quantitative estimate of drug-likeness (QED) is 0.779. The first-order valence-electron chi connectivity index (χ1n) is 8.21. The Morgan fingerprint density at radius 2 is 1.92 bits per heavy atom. The summed E-state index contributed by atoms with van der Waals surface area (Å²) in [6, 6.07) is 7.13. The van der Waals surface area contributed by atoms with Crippen LogP contribution in [0.25, 0.3) is 0 Å². The van der Waals surface area contributed by atoms with E-state index < -0.39 is 5.91 Å². The van der Waals surface area contributed by atoms with Gasteiger partial charge in [0.25, 0.3) is 11.8 Å². The van der Waals surface area contributed by atoms with Crippen LogP contribution in [0.1, 0.15) is 20.8 Å². The molecule has 1 fully saturated rings. The molecule has 0 saturated carbocycles. The number of rotatable bonds is 4. The van der Waals surface area contributed by atoms with Crippen LogP contribution < -0.4 is 20.7 Å². The summed E-state index contributed by atoms with van der Waals surface area (Å²) in [7, 11) is 3.79. The third kappa shape index (κ3) is 4.30. The van der Waals surface area contributed by atoms with Crippen LogP contribution in [-0.4, -0.2) is 57.2 Å². The second-order valence-electron chi connectivity index (χ2n) is 5.97. The van der Waals surface area contributed by atoms with Crippen molar-refractivity contribution in [3.63, 3.8) is 0 Å². The van der Waals surface area contributed by atoms with Crippen molar-refractivity contribution >= 4 is 34.0 Å². The van der Waals surface area contributed by atoms with Gasteiger partial charge >= 0.3 is 0 Å². The topological polar surface area (TPSA) is 86.8 Å². The van der Waals surface area contributed by atoms with Gasteiger partial charge in [-0.1, -0.05) is 6.07 Å². The van der Waals surface area contributed by atoms with Crippen molar-refractivity contribution in [2.45, 2.75) is 0 Å². The van der Waals surface area contributed by atoms with Crippen LogP contribution in [0, 0.1) is 0 Å². The van der Waals surface area contributed by atoms with E-state index in [9.17, 15) is 9.59 Å². The van der Waals surface area contributed by atoms with Gasteiger partial charge < -0.3 is 14.5 Å². The van der Waals surface area contributed by atoms with Gasteiger partial charge in [-0.05, 0) is 18.2 Å². The van der Waals surface area contributed by atoms with Gasteiger partial charge in [0.2, 0.25) is 0 Å². The lowest BCUT2D eigenvalue weighted by atomic mass is 10.2. The number of hydrogen-bond acceptors (Lipinski definition) is 7. The molecule has 2 N–H and O–H groups in total. The summed E-state index contributed by atoms with van der Waals surface area (Å²) < 4.78 is 5.31. The average molecular weight is 375 g/mol. The normalized spacial score (nSPS) is 14.0. The lowest BCUT2D eigenvalue weighted by molar-refractivity contribution is 0.0844. The molecule has 2 amide bonds. The standard InChI is InChI=1S/C17H21N5O3S/c1-21(2)13-5-3-4-12(10-13)15(23)19-20-16(24)14-11-26-17(18-14)22-6-8-25-9-7-22/h3-5,10-11H,6-9H2,1-2H3,(H,19,23)(H,20,24). The number of thiazole rings is 1. The molecule has 0 bridgehead atoms. The van der Waals surface area contributed by atoms with Crippen LogP contribution in [0.4, 0.5) is 10.8 Å². The highest BCUT2D eigenvalue weighted by Crippen LogP contribution is 2.21. The number of hydrogen-bond donors (Lipinski definition) is 2. The van der Waals surface area contributed by atoms with E-state index in [-0.39, 0.29) is 11.6 Å². The van der Waals surface area contributed by atoms with E-state index in [4.69, 9.17) is 4.74 Å². The van der Waals surface area contributed by atoms with Crippen molar-refractivity contribution in [3.8, 4) is 0 Å². The minimum atomic E-state index is -0.446. The number of nitrogens with one attached hydrogen (secondary N) is 2. The van der Waals surface area contributed by atoms with Gasteiger partial charge in [0.1, 0.15) is 5.69 Å². The summed E-state index contributed by atoms with van der Waals surface area (Å²) in [5, 5.41) is 2.46. The predicted octanol–water partition coefficient (Wildman–Crippen LogP) is 1.12. The highest BCUT2D eigenvalue weighted by molar-refractivity contribution is 7.13. The van der Waals surface area contributed by atoms with E-state index >= 15 is 0 Å². The van der Waals surface area contributed by atoms with Gasteiger partial charge in [-0.25, -0.2) is 4.98 Å². The molecule has 0 spiro atoms. The van der Waals surface area contributed by atoms with Crippen molar-refractivity contribution in [1.29, 1.82) is 0 Å². The monoisotopic (exact) mass is 375 g/mol.